The molecule has 1 aliphatic heterocycles. The number of hydrogen-bond donors (Lipinski definition) is 1. The lowest BCUT2D eigenvalue weighted by Crippen LogP contribution is -2.33. The van der Waals surface area contributed by atoms with Gasteiger partial charge in [0.25, 0.3) is 0 Å². The van der Waals surface area contributed by atoms with Crippen LogP contribution in [0.15, 0.2) is 42.7 Å². The van der Waals surface area contributed by atoms with E-state index in [0.717, 1.165) is 18.8 Å². The first kappa shape index (κ1) is 14.3. The van der Waals surface area contributed by atoms with Gasteiger partial charge in [-0.2, -0.15) is 5.10 Å². The minimum atomic E-state index is 0.268. The molecule has 2 N–H and O–H groups in total. The molecule has 1 unspecified atom stereocenters. The van der Waals surface area contributed by atoms with Crippen LogP contribution in [0.4, 0.5) is 0 Å². The number of aromatic nitrogens is 2. The van der Waals surface area contributed by atoms with Gasteiger partial charge in [0.15, 0.2) is 0 Å². The number of nitrogens with zero attached hydrogens (tertiary/aromatic N) is 3. The molecule has 112 valence electrons. The molecule has 1 aromatic heterocycles. The number of likely N-dealkylation sites (tertiary alicyclic amines) is 1. The second-order valence-electron chi connectivity index (χ2n) is 6.69. The van der Waals surface area contributed by atoms with E-state index in [1.54, 1.807) is 0 Å². The maximum Gasteiger partial charge on any atom is 0.0645 e. The van der Waals surface area contributed by atoms with Gasteiger partial charge in [-0.3, -0.25) is 4.90 Å². The number of nitrogens with two attached hydrogens (primary N) is 1. The van der Waals surface area contributed by atoms with E-state index in [2.05, 4.69) is 42.2 Å². The summed E-state index contributed by atoms with van der Waals surface area (Å²) in [6.45, 7) is 7.51. The largest absolute Gasteiger partial charge is 0.329 e. The summed E-state index contributed by atoms with van der Waals surface area (Å²) in [7, 11) is 0. The molecule has 1 atom stereocenters. The summed E-state index contributed by atoms with van der Waals surface area (Å²) in [6.07, 6.45) is 5.30. The monoisotopic (exact) mass is 284 g/mol. The molecule has 2 aromatic rings. The molecular formula is C17H24N4. The van der Waals surface area contributed by atoms with Gasteiger partial charge in [-0.05, 0) is 30.5 Å². The van der Waals surface area contributed by atoms with Gasteiger partial charge in [-0.15, -0.1) is 0 Å². The number of hydrogen-bond acceptors (Lipinski definition) is 3. The number of rotatable bonds is 4. The third-order valence-electron chi connectivity index (χ3n) is 4.38. The zero-order valence-electron chi connectivity index (χ0n) is 12.9. The van der Waals surface area contributed by atoms with Gasteiger partial charge >= 0.3 is 0 Å². The molecule has 1 saturated heterocycles. The molecular weight excluding hydrogens is 260 g/mol. The maximum absolute atomic E-state index is 6.04. The Morgan fingerprint density at radius 2 is 2.05 bits per heavy atom. The molecule has 0 amide bonds. The summed E-state index contributed by atoms with van der Waals surface area (Å²) >= 11 is 0. The lowest BCUT2D eigenvalue weighted by molar-refractivity contribution is 0.223. The fourth-order valence-electron chi connectivity index (χ4n) is 3.15. The van der Waals surface area contributed by atoms with Crippen LogP contribution in [0.25, 0.3) is 5.69 Å². The molecule has 4 nitrogen and oxygen atoms in total. The van der Waals surface area contributed by atoms with E-state index in [9.17, 15) is 0 Å². The normalized spacial score (nSPS) is 19.8. The molecule has 3 rings (SSSR count). The second kappa shape index (κ2) is 5.62. The highest BCUT2D eigenvalue weighted by atomic mass is 15.3. The molecule has 1 aromatic carbocycles. The van der Waals surface area contributed by atoms with Crippen LogP contribution in [-0.2, 0) is 0 Å². The first-order valence-electron chi connectivity index (χ1n) is 7.63. The van der Waals surface area contributed by atoms with Crippen LogP contribution in [0.2, 0.25) is 0 Å². The maximum atomic E-state index is 6.04. The molecule has 0 radical (unpaired) electrons. The zero-order valence-corrected chi connectivity index (χ0v) is 12.9. The Bertz CT molecular complexity index is 588. The van der Waals surface area contributed by atoms with Gasteiger partial charge in [-0.1, -0.05) is 32.0 Å². The van der Waals surface area contributed by atoms with Gasteiger partial charge in [0.05, 0.1) is 17.9 Å². The van der Waals surface area contributed by atoms with Gasteiger partial charge < -0.3 is 5.73 Å². The second-order valence-corrected chi connectivity index (χ2v) is 6.69. The summed E-state index contributed by atoms with van der Waals surface area (Å²) < 4.78 is 1.93. The lowest BCUT2D eigenvalue weighted by Gasteiger charge is -2.27. The van der Waals surface area contributed by atoms with Crippen LogP contribution in [-0.4, -0.2) is 34.3 Å². The minimum Gasteiger partial charge on any atom is -0.329 e. The highest BCUT2D eigenvalue weighted by Crippen LogP contribution is 2.34. The van der Waals surface area contributed by atoms with Crippen molar-refractivity contribution in [3.05, 3.63) is 48.3 Å². The Morgan fingerprint density at radius 1 is 1.29 bits per heavy atom. The minimum absolute atomic E-state index is 0.268. The molecule has 21 heavy (non-hydrogen) atoms. The van der Waals surface area contributed by atoms with E-state index >= 15 is 0 Å². The molecule has 1 fully saturated rings. The summed E-state index contributed by atoms with van der Waals surface area (Å²) in [5.74, 6) is 0. The first-order chi connectivity index (χ1) is 10.1. The predicted octanol–water partition coefficient (Wildman–Crippen LogP) is 2.60. The summed E-state index contributed by atoms with van der Waals surface area (Å²) in [5, 5.41) is 4.50. The van der Waals surface area contributed by atoms with E-state index in [-0.39, 0.29) is 6.04 Å². The molecule has 4 heteroatoms. The van der Waals surface area contributed by atoms with Crippen molar-refractivity contribution >= 4 is 0 Å². The van der Waals surface area contributed by atoms with Crippen LogP contribution >= 0.6 is 0 Å². The topological polar surface area (TPSA) is 47.1 Å². The third kappa shape index (κ3) is 3.01. The smallest absolute Gasteiger partial charge is 0.0645 e. The van der Waals surface area contributed by atoms with Crippen LogP contribution < -0.4 is 5.73 Å². The van der Waals surface area contributed by atoms with E-state index in [4.69, 9.17) is 5.73 Å². The molecule has 2 heterocycles. The molecule has 0 spiro atoms. The van der Waals surface area contributed by atoms with Crippen molar-refractivity contribution in [3.63, 3.8) is 0 Å². The zero-order chi connectivity index (χ0) is 14.9. The van der Waals surface area contributed by atoms with Crippen molar-refractivity contribution in [3.8, 4) is 5.69 Å². The Hall–Kier alpha value is -1.65. The van der Waals surface area contributed by atoms with Crippen molar-refractivity contribution in [1.29, 1.82) is 0 Å². The van der Waals surface area contributed by atoms with Crippen molar-refractivity contribution in [2.45, 2.75) is 26.3 Å². The molecule has 0 saturated carbocycles. The van der Waals surface area contributed by atoms with Gasteiger partial charge in [0, 0.05) is 24.8 Å². The summed E-state index contributed by atoms with van der Waals surface area (Å²) in [6, 6.07) is 10.5. The van der Waals surface area contributed by atoms with Gasteiger partial charge in [0.2, 0.25) is 0 Å². The molecule has 0 aliphatic carbocycles. The number of benzene rings is 1. The molecule has 0 bridgehead atoms. The summed E-state index contributed by atoms with van der Waals surface area (Å²) in [5.41, 5.74) is 8.73. The highest BCUT2D eigenvalue weighted by molar-refractivity contribution is 5.31. The van der Waals surface area contributed by atoms with Crippen LogP contribution in [0.3, 0.4) is 0 Å². The standard InChI is InChI=1S/C17H24N4/c1-17(2)8-9-20(13-17)16(10-18)14-11-19-21(12-14)15-6-4-3-5-7-15/h3-7,11-12,16H,8-10,13,18H2,1-2H3. The van der Waals surface area contributed by atoms with Crippen molar-refractivity contribution in [2.24, 2.45) is 11.1 Å². The van der Waals surface area contributed by atoms with Gasteiger partial charge in [-0.25, -0.2) is 4.68 Å². The fourth-order valence-corrected chi connectivity index (χ4v) is 3.15. The Balaban J connectivity index is 1.81. The summed E-state index contributed by atoms with van der Waals surface area (Å²) in [4.78, 5) is 2.49. The quantitative estimate of drug-likeness (QED) is 0.939. The Morgan fingerprint density at radius 3 is 2.67 bits per heavy atom. The van der Waals surface area contributed by atoms with Crippen LogP contribution in [0, 0.1) is 5.41 Å². The third-order valence-corrected chi connectivity index (χ3v) is 4.38. The Kier molecular flexibility index (Phi) is 3.83. The molecule has 1 aliphatic rings. The van der Waals surface area contributed by atoms with E-state index < -0.39 is 0 Å². The average molecular weight is 284 g/mol. The first-order valence-corrected chi connectivity index (χ1v) is 7.63. The lowest BCUT2D eigenvalue weighted by atomic mass is 9.93. The fraction of sp³-hybridized carbons (Fsp3) is 0.471. The van der Waals surface area contributed by atoms with Crippen molar-refractivity contribution in [1.82, 2.24) is 14.7 Å². The predicted molar refractivity (Wildman–Crippen MR) is 85.3 cm³/mol. The van der Waals surface area contributed by atoms with Crippen molar-refractivity contribution in [2.75, 3.05) is 19.6 Å². The van der Waals surface area contributed by atoms with E-state index in [1.165, 1.54) is 12.0 Å². The van der Waals surface area contributed by atoms with Crippen molar-refractivity contribution < 1.29 is 0 Å². The van der Waals surface area contributed by atoms with E-state index in [1.807, 2.05) is 29.1 Å². The highest BCUT2D eigenvalue weighted by Gasteiger charge is 2.33. The van der Waals surface area contributed by atoms with E-state index in [0.29, 0.717) is 12.0 Å². The van der Waals surface area contributed by atoms with Crippen LogP contribution in [0.5, 0.6) is 0 Å². The van der Waals surface area contributed by atoms with Gasteiger partial charge in [0.1, 0.15) is 0 Å². The average Bonchev–Trinajstić information content (AvgIpc) is 3.08. The SMILES string of the molecule is CC1(C)CCN(C(CN)c2cnn(-c3ccccc3)c2)C1. The van der Waals surface area contributed by atoms with Crippen LogP contribution in [0.1, 0.15) is 31.9 Å². The Labute approximate surface area is 126 Å². The number of para-hydroxylation sites is 1.